The van der Waals surface area contributed by atoms with Gasteiger partial charge in [-0.1, -0.05) is 53.7 Å². The van der Waals surface area contributed by atoms with E-state index in [0.29, 0.717) is 110 Å². The molecule has 64 heavy (non-hydrogen) atoms. The summed E-state index contributed by atoms with van der Waals surface area (Å²) in [5.41, 5.74) is 0.522. The summed E-state index contributed by atoms with van der Waals surface area (Å²) in [4.78, 5) is 55.6. The quantitative estimate of drug-likeness (QED) is 0.135. The van der Waals surface area contributed by atoms with E-state index in [9.17, 15) is 19.2 Å². The van der Waals surface area contributed by atoms with Crippen molar-refractivity contribution in [2.24, 2.45) is 92.7 Å². The van der Waals surface area contributed by atoms with Crippen LogP contribution in [-0.4, -0.2) is 48.3 Å². The van der Waals surface area contributed by atoms with Gasteiger partial charge >= 0.3 is 23.9 Å². The van der Waals surface area contributed by atoms with Crippen LogP contribution in [-0.2, 0) is 38.1 Å². The minimum atomic E-state index is -0.144. The van der Waals surface area contributed by atoms with Gasteiger partial charge in [0, 0.05) is 37.5 Å². The van der Waals surface area contributed by atoms with E-state index in [1.165, 1.54) is 25.7 Å². The smallest absolute Gasteiger partial charge is 0.306 e. The van der Waals surface area contributed by atoms with Gasteiger partial charge in [0.05, 0.1) is 0 Å². The van der Waals surface area contributed by atoms with Crippen LogP contribution in [0.25, 0.3) is 0 Å². The Labute approximate surface area is 385 Å². The van der Waals surface area contributed by atoms with Gasteiger partial charge in [0.25, 0.3) is 0 Å². The first-order valence-corrected chi connectivity index (χ1v) is 27.0. The molecule has 8 fully saturated rings. The van der Waals surface area contributed by atoms with Gasteiger partial charge in [0.1, 0.15) is 24.4 Å². The number of carbonyl (C=O) groups excluding carboxylic acids is 4. The lowest BCUT2D eigenvalue weighted by molar-refractivity contribution is -0.199. The maximum atomic E-state index is 13.9. The molecule has 14 bridgehead atoms. The molecule has 0 unspecified atom stereocenters. The topological polar surface area (TPSA) is 105 Å². The van der Waals surface area contributed by atoms with Gasteiger partial charge < -0.3 is 18.9 Å². The Morgan fingerprint density at radius 2 is 0.766 bits per heavy atom. The number of carbonyl (C=O) groups is 4. The van der Waals surface area contributed by atoms with Crippen molar-refractivity contribution in [3.63, 3.8) is 0 Å². The van der Waals surface area contributed by atoms with E-state index in [0.717, 1.165) is 89.9 Å². The summed E-state index contributed by atoms with van der Waals surface area (Å²) in [6, 6.07) is 0. The van der Waals surface area contributed by atoms with Crippen molar-refractivity contribution < 1.29 is 38.1 Å². The molecule has 0 aromatic rings. The largest absolute Gasteiger partial charge is 0.462 e. The molecule has 8 aliphatic carbocycles. The van der Waals surface area contributed by atoms with E-state index in [1.54, 1.807) is 0 Å². The third kappa shape index (κ3) is 7.75. The summed E-state index contributed by atoms with van der Waals surface area (Å²) in [7, 11) is 0. The molecular weight excluding hydrogens is 801 g/mol. The molecule has 8 nitrogen and oxygen atoms in total. The molecule has 0 aromatic heterocycles. The van der Waals surface area contributed by atoms with Crippen LogP contribution < -0.4 is 0 Å². The highest BCUT2D eigenvalue weighted by atomic mass is 16.6. The minimum absolute atomic E-state index is 0.0358. The second kappa shape index (κ2) is 17.3. The van der Waals surface area contributed by atoms with Crippen molar-refractivity contribution in [1.82, 2.24) is 0 Å². The molecule has 0 radical (unpaired) electrons. The molecule has 0 N–H and O–H groups in total. The zero-order valence-electron chi connectivity index (χ0n) is 40.6. The molecular formula is C56H84O8. The van der Waals surface area contributed by atoms with Crippen LogP contribution >= 0.6 is 0 Å². The van der Waals surface area contributed by atoms with E-state index in [1.807, 2.05) is 0 Å². The molecule has 2 aliphatic heterocycles. The molecule has 356 valence electrons. The molecule has 0 spiro atoms. The van der Waals surface area contributed by atoms with E-state index in [-0.39, 0.29) is 70.0 Å². The Morgan fingerprint density at radius 3 is 1.19 bits per heavy atom. The van der Waals surface area contributed by atoms with E-state index >= 15 is 0 Å². The van der Waals surface area contributed by atoms with Crippen molar-refractivity contribution in [2.45, 2.75) is 220 Å². The summed E-state index contributed by atoms with van der Waals surface area (Å²) >= 11 is 0. The first-order valence-electron chi connectivity index (χ1n) is 27.0. The van der Waals surface area contributed by atoms with E-state index < -0.39 is 0 Å². The minimum Gasteiger partial charge on any atom is -0.462 e. The van der Waals surface area contributed by atoms with Crippen LogP contribution in [0.2, 0.25) is 0 Å². The van der Waals surface area contributed by atoms with Gasteiger partial charge in [-0.05, 0) is 209 Å². The van der Waals surface area contributed by atoms with Crippen LogP contribution in [0.1, 0.15) is 196 Å². The van der Waals surface area contributed by atoms with Gasteiger partial charge in [0.2, 0.25) is 0 Å². The van der Waals surface area contributed by atoms with Gasteiger partial charge in [-0.15, -0.1) is 0 Å². The molecule has 10 rings (SSSR count). The number of hydrogen-bond donors (Lipinski definition) is 0. The maximum Gasteiger partial charge on any atom is 0.306 e. The fourth-order valence-electron chi connectivity index (χ4n) is 19.4. The Balaban J connectivity index is 1.00. The monoisotopic (exact) mass is 885 g/mol. The molecule has 0 amide bonds. The van der Waals surface area contributed by atoms with Crippen LogP contribution in [0.4, 0.5) is 0 Å². The summed E-state index contributed by atoms with van der Waals surface area (Å²) < 4.78 is 26.4. The molecule has 0 saturated heterocycles. The standard InChI is InChI=1S/C56H84O8/c1-33-13-19-49(59)61-37-21-25-54(4)35(29-37)32-46-52-42-18-16-40(56(42,6)28-24-44(52)54)34(2)14-20-50(60)62-38-22-26-53(3)36(30-38)31-45(63-47(57)11-9-7-8-10-12-48(58)64-46)51-41-17-15-39(33)55(41,5)27-23-43(51)53/h7-8,33-46,51-52H,9-32H2,1-6H3/b8-7-/t33-,34-,35+,36+,37-,38-,39-,40-,41+,42+,43+,44+,45-,46-,51+,52+,53+,54+,55-,56-/m1/s1. The van der Waals surface area contributed by atoms with Crippen molar-refractivity contribution in [2.75, 3.05) is 0 Å². The van der Waals surface area contributed by atoms with Gasteiger partial charge in [-0.25, -0.2) is 0 Å². The summed E-state index contributed by atoms with van der Waals surface area (Å²) in [5.74, 6) is 4.73. The maximum absolute atomic E-state index is 13.9. The summed E-state index contributed by atoms with van der Waals surface area (Å²) in [6.07, 6.45) is 24.8. The second-order valence-electron chi connectivity index (χ2n) is 25.3. The average Bonchev–Trinajstić information content (AvgIpc) is 3.80. The third-order valence-corrected chi connectivity index (χ3v) is 22.7. The number of rotatable bonds is 0. The predicted octanol–water partition coefficient (Wildman–Crippen LogP) is 12.1. The van der Waals surface area contributed by atoms with Gasteiger partial charge in [-0.3, -0.25) is 19.2 Å². The fourth-order valence-corrected chi connectivity index (χ4v) is 19.4. The Kier molecular flexibility index (Phi) is 12.3. The Bertz CT molecular complexity index is 1700. The third-order valence-electron chi connectivity index (χ3n) is 22.7. The second-order valence-corrected chi connectivity index (χ2v) is 25.3. The van der Waals surface area contributed by atoms with Crippen LogP contribution in [0, 0.1) is 92.7 Å². The predicted molar refractivity (Wildman–Crippen MR) is 245 cm³/mol. The van der Waals surface area contributed by atoms with Crippen LogP contribution in [0.5, 0.6) is 0 Å². The lowest BCUT2D eigenvalue weighted by atomic mass is 9.43. The Morgan fingerprint density at radius 1 is 0.406 bits per heavy atom. The summed E-state index contributed by atoms with van der Waals surface area (Å²) in [5, 5.41) is 0. The first-order chi connectivity index (χ1) is 30.6. The zero-order chi connectivity index (χ0) is 44.8. The lowest BCUT2D eigenvalue weighted by Crippen LogP contribution is -2.59. The van der Waals surface area contributed by atoms with E-state index in [2.05, 4.69) is 53.7 Å². The molecule has 20 atom stereocenters. The highest BCUT2D eigenvalue weighted by Crippen LogP contribution is 2.71. The molecule has 8 saturated carbocycles. The molecule has 10 aliphatic rings. The number of fused-ring (bicyclic) bond motifs is 12. The van der Waals surface area contributed by atoms with Crippen molar-refractivity contribution in [1.29, 1.82) is 0 Å². The van der Waals surface area contributed by atoms with Crippen LogP contribution in [0.3, 0.4) is 0 Å². The zero-order valence-corrected chi connectivity index (χ0v) is 40.6. The molecule has 8 heteroatoms. The highest BCUT2D eigenvalue weighted by molar-refractivity contribution is 5.71. The van der Waals surface area contributed by atoms with Crippen molar-refractivity contribution in [3.8, 4) is 0 Å². The molecule has 2 heterocycles. The van der Waals surface area contributed by atoms with Crippen molar-refractivity contribution in [3.05, 3.63) is 12.2 Å². The van der Waals surface area contributed by atoms with Gasteiger partial charge in [-0.2, -0.15) is 0 Å². The van der Waals surface area contributed by atoms with Crippen molar-refractivity contribution >= 4 is 23.9 Å². The number of allylic oxidation sites excluding steroid dienone is 2. The number of ether oxygens (including phenoxy) is 4. The van der Waals surface area contributed by atoms with Crippen LogP contribution in [0.15, 0.2) is 12.2 Å². The first kappa shape index (κ1) is 45.4. The number of esters is 4. The van der Waals surface area contributed by atoms with Gasteiger partial charge in [0.15, 0.2) is 0 Å². The normalized spacial score (nSPS) is 52.7. The SMILES string of the molecule is C[C@@H]1CCC(=O)O[C@@H]2CC[C@@]3(C)[C@@H](C2)C[C@H]2OC(=O)CC/C=C\CCC(=O)O[C@@H]4C[C@@H]5C[C@@H](CC[C@]5(C)[C@H]5CC[C@]6(C)[C@@H]1CC[C@H]6[C@H]45)OC(=O)CC[C@@H](C)[C@H]1CC[C@H]4[C@H]2[C@@H]3CC[C@]14C. The highest BCUT2D eigenvalue weighted by Gasteiger charge is 2.66. The Hall–Kier alpha value is -2.38. The average molecular weight is 885 g/mol. The van der Waals surface area contributed by atoms with E-state index in [4.69, 9.17) is 18.9 Å². The molecule has 0 aromatic carbocycles. The summed E-state index contributed by atoms with van der Waals surface area (Å²) in [6.45, 7) is 15.0. The lowest BCUT2D eigenvalue weighted by Gasteiger charge is -2.63. The fraction of sp³-hybridized carbons (Fsp3) is 0.893. The number of hydrogen-bond acceptors (Lipinski definition) is 8.